The van der Waals surface area contributed by atoms with Crippen LogP contribution in [-0.2, 0) is 32.6 Å². The summed E-state index contributed by atoms with van der Waals surface area (Å²) in [6.07, 6.45) is 0.894. The second-order valence-electron chi connectivity index (χ2n) is 11.5. The van der Waals surface area contributed by atoms with Gasteiger partial charge in [0.05, 0.1) is 10.6 Å². The first kappa shape index (κ1) is 35.0. The van der Waals surface area contributed by atoms with Crippen molar-refractivity contribution in [1.82, 2.24) is 10.2 Å². The Morgan fingerprint density at radius 3 is 2.04 bits per heavy atom. The second kappa shape index (κ2) is 15.6. The second-order valence-corrected chi connectivity index (χ2v) is 14.2. The van der Waals surface area contributed by atoms with Crippen molar-refractivity contribution in [3.8, 4) is 0 Å². The molecule has 0 aliphatic carbocycles. The van der Waals surface area contributed by atoms with Gasteiger partial charge in [0.1, 0.15) is 12.6 Å². The van der Waals surface area contributed by atoms with Gasteiger partial charge in [-0.15, -0.1) is 0 Å². The molecule has 2 amide bonds. The van der Waals surface area contributed by atoms with E-state index in [1.807, 2.05) is 64.1 Å². The van der Waals surface area contributed by atoms with Gasteiger partial charge in [0.2, 0.25) is 11.8 Å². The highest BCUT2D eigenvalue weighted by molar-refractivity contribution is 7.92. The highest BCUT2D eigenvalue weighted by Crippen LogP contribution is 2.28. The number of nitrogens with zero attached hydrogens (tertiary/aromatic N) is 2. The Labute approximate surface area is 282 Å². The van der Waals surface area contributed by atoms with Gasteiger partial charge in [0, 0.05) is 29.1 Å². The molecule has 0 aromatic heterocycles. The molecule has 46 heavy (non-hydrogen) atoms. The van der Waals surface area contributed by atoms with Crippen molar-refractivity contribution in [2.75, 3.05) is 10.8 Å². The van der Waals surface area contributed by atoms with Gasteiger partial charge in [-0.05, 0) is 85.8 Å². The van der Waals surface area contributed by atoms with Crippen molar-refractivity contribution < 1.29 is 18.0 Å². The number of hydrogen-bond donors (Lipinski definition) is 1. The van der Waals surface area contributed by atoms with E-state index in [1.54, 1.807) is 48.5 Å². The lowest BCUT2D eigenvalue weighted by Crippen LogP contribution is -2.54. The molecule has 0 spiro atoms. The van der Waals surface area contributed by atoms with E-state index in [0.717, 1.165) is 21.0 Å². The van der Waals surface area contributed by atoms with Crippen LogP contribution in [0.2, 0.25) is 10.0 Å². The molecule has 0 radical (unpaired) electrons. The topological polar surface area (TPSA) is 86.8 Å². The molecule has 7 nitrogen and oxygen atoms in total. The smallest absolute Gasteiger partial charge is 0.264 e. The lowest BCUT2D eigenvalue weighted by atomic mass is 10.0. The molecule has 1 N–H and O–H groups in total. The molecule has 0 aliphatic heterocycles. The Hall–Kier alpha value is -3.85. The Balaban J connectivity index is 1.85. The van der Waals surface area contributed by atoms with Gasteiger partial charge in [-0.3, -0.25) is 13.9 Å². The number of carbonyl (C=O) groups is 2. The first-order chi connectivity index (χ1) is 21.9. The third-order valence-electron chi connectivity index (χ3n) is 7.73. The van der Waals surface area contributed by atoms with Crippen LogP contribution in [0.1, 0.15) is 42.5 Å². The Morgan fingerprint density at radius 2 is 1.46 bits per heavy atom. The van der Waals surface area contributed by atoms with Gasteiger partial charge in [0.15, 0.2) is 0 Å². The number of carbonyl (C=O) groups excluding carboxylic acids is 2. The molecule has 4 rings (SSSR count). The number of amides is 2. The Kier molecular flexibility index (Phi) is 11.9. The average Bonchev–Trinajstić information content (AvgIpc) is 3.02. The number of hydrogen-bond acceptors (Lipinski definition) is 4. The third-order valence-corrected chi connectivity index (χ3v) is 10.1. The number of nitrogens with one attached hydrogen (secondary N) is 1. The van der Waals surface area contributed by atoms with E-state index in [9.17, 15) is 18.0 Å². The number of aryl methyl sites for hydroxylation is 2. The molecule has 0 unspecified atom stereocenters. The number of benzene rings is 4. The third kappa shape index (κ3) is 8.90. The Morgan fingerprint density at radius 1 is 0.848 bits per heavy atom. The van der Waals surface area contributed by atoms with Gasteiger partial charge >= 0.3 is 0 Å². The zero-order valence-electron chi connectivity index (χ0n) is 26.4. The maximum Gasteiger partial charge on any atom is 0.264 e. The molecule has 0 fully saturated rings. The minimum absolute atomic E-state index is 0.0459. The molecule has 0 saturated carbocycles. The molecule has 4 aromatic carbocycles. The fourth-order valence-electron chi connectivity index (χ4n) is 5.17. The summed E-state index contributed by atoms with van der Waals surface area (Å²) in [5.74, 6) is -0.912. The van der Waals surface area contributed by atoms with Crippen LogP contribution in [0, 0.1) is 13.8 Å². The fraction of sp³-hybridized carbons (Fsp3) is 0.278. The van der Waals surface area contributed by atoms with E-state index in [0.29, 0.717) is 27.7 Å². The summed E-state index contributed by atoms with van der Waals surface area (Å²) in [5, 5.41) is 3.79. The van der Waals surface area contributed by atoms with Crippen molar-refractivity contribution in [1.29, 1.82) is 0 Å². The lowest BCUT2D eigenvalue weighted by Gasteiger charge is -2.34. The SMILES string of the molecule is CC[C@H](C)NC(=O)[C@H](Cc1ccccc1)N(Cc1ccc(Cl)cc1Cl)C(=O)CN(c1cc(C)cc(C)c1)S(=O)(=O)c1ccccc1. The molecule has 4 aromatic rings. The van der Waals surface area contributed by atoms with E-state index in [2.05, 4.69) is 5.32 Å². The van der Waals surface area contributed by atoms with E-state index >= 15 is 0 Å². The van der Waals surface area contributed by atoms with Crippen LogP contribution in [0.4, 0.5) is 5.69 Å². The molecular weight excluding hydrogens is 641 g/mol. The predicted molar refractivity (Wildman–Crippen MR) is 186 cm³/mol. The first-order valence-corrected chi connectivity index (χ1v) is 17.3. The van der Waals surface area contributed by atoms with Crippen molar-refractivity contribution in [3.05, 3.63) is 129 Å². The van der Waals surface area contributed by atoms with Crippen LogP contribution in [-0.4, -0.2) is 43.8 Å². The maximum absolute atomic E-state index is 14.6. The molecule has 0 saturated heterocycles. The first-order valence-electron chi connectivity index (χ1n) is 15.1. The van der Waals surface area contributed by atoms with E-state index in [1.165, 1.54) is 17.0 Å². The summed E-state index contributed by atoms with van der Waals surface area (Å²) in [5.41, 5.74) is 3.45. The summed E-state index contributed by atoms with van der Waals surface area (Å²) >= 11 is 12.8. The summed E-state index contributed by atoms with van der Waals surface area (Å²) < 4.78 is 29.5. The molecule has 2 atom stereocenters. The quantitative estimate of drug-likeness (QED) is 0.160. The van der Waals surface area contributed by atoms with Crippen LogP contribution in [0.5, 0.6) is 0 Å². The zero-order chi connectivity index (χ0) is 33.4. The van der Waals surface area contributed by atoms with Gasteiger partial charge in [-0.25, -0.2) is 8.42 Å². The highest BCUT2D eigenvalue weighted by atomic mass is 35.5. The molecule has 242 valence electrons. The fourth-order valence-corrected chi connectivity index (χ4v) is 7.06. The summed E-state index contributed by atoms with van der Waals surface area (Å²) in [6, 6.07) is 26.6. The minimum Gasteiger partial charge on any atom is -0.352 e. The largest absolute Gasteiger partial charge is 0.352 e. The van der Waals surface area contributed by atoms with Gasteiger partial charge in [-0.1, -0.05) is 90.8 Å². The van der Waals surface area contributed by atoms with E-state index in [-0.39, 0.29) is 29.8 Å². The van der Waals surface area contributed by atoms with Crippen LogP contribution in [0.15, 0.2) is 102 Å². The number of halogens is 2. The lowest BCUT2D eigenvalue weighted by molar-refractivity contribution is -0.140. The molecule has 0 aliphatic rings. The maximum atomic E-state index is 14.6. The summed E-state index contributed by atoms with van der Waals surface area (Å²) in [4.78, 5) is 30.1. The number of anilines is 1. The van der Waals surface area contributed by atoms with Crippen molar-refractivity contribution in [3.63, 3.8) is 0 Å². The zero-order valence-corrected chi connectivity index (χ0v) is 28.7. The summed E-state index contributed by atoms with van der Waals surface area (Å²) in [6.45, 7) is 7.00. The van der Waals surface area contributed by atoms with Crippen molar-refractivity contribution >= 4 is 50.7 Å². The number of rotatable bonds is 13. The van der Waals surface area contributed by atoms with Crippen LogP contribution in [0.3, 0.4) is 0 Å². The number of sulfonamides is 1. The molecule has 10 heteroatoms. The predicted octanol–water partition coefficient (Wildman–Crippen LogP) is 7.36. The molecular formula is C36H39Cl2N3O4S. The normalized spacial score (nSPS) is 12.7. The van der Waals surface area contributed by atoms with Crippen LogP contribution < -0.4 is 9.62 Å². The van der Waals surface area contributed by atoms with Crippen molar-refractivity contribution in [2.24, 2.45) is 0 Å². The minimum atomic E-state index is -4.19. The van der Waals surface area contributed by atoms with Crippen molar-refractivity contribution in [2.45, 2.75) is 64.1 Å². The highest BCUT2D eigenvalue weighted by Gasteiger charge is 2.35. The summed E-state index contributed by atoms with van der Waals surface area (Å²) in [7, 11) is -4.19. The van der Waals surface area contributed by atoms with Gasteiger partial charge in [0.25, 0.3) is 10.0 Å². The Bertz CT molecular complexity index is 1750. The standard InChI is InChI=1S/C36H39Cl2N3O4S/c1-5-27(4)39-36(43)34(21-28-12-8-6-9-13-28)40(23-29-16-17-30(37)22-33(29)38)35(42)24-41(31-19-25(2)18-26(3)20-31)46(44,45)32-14-10-7-11-15-32/h6-20,22,27,34H,5,21,23-24H2,1-4H3,(H,39,43)/t27-,34-/m0/s1. The van der Waals surface area contributed by atoms with Gasteiger partial charge in [-0.2, -0.15) is 0 Å². The molecule has 0 heterocycles. The van der Waals surface area contributed by atoms with E-state index in [4.69, 9.17) is 23.2 Å². The van der Waals surface area contributed by atoms with Gasteiger partial charge < -0.3 is 10.2 Å². The molecule has 0 bridgehead atoms. The van der Waals surface area contributed by atoms with E-state index < -0.39 is 28.5 Å². The monoisotopic (exact) mass is 679 g/mol. The van der Waals surface area contributed by atoms with Crippen LogP contribution in [0.25, 0.3) is 0 Å². The average molecular weight is 681 g/mol. The van der Waals surface area contributed by atoms with Crippen LogP contribution >= 0.6 is 23.2 Å².